The third kappa shape index (κ3) is 1.98. The van der Waals surface area contributed by atoms with Gasteiger partial charge < -0.3 is 10.5 Å². The van der Waals surface area contributed by atoms with Gasteiger partial charge in [0.2, 0.25) is 5.88 Å². The third-order valence-electron chi connectivity index (χ3n) is 2.46. The van der Waals surface area contributed by atoms with E-state index in [0.717, 1.165) is 22.4 Å². The SMILES string of the molecule is COc1ccc(-c2ccc(C)cc2N)cn1. The Balaban J connectivity index is 2.42. The second-order valence-corrected chi connectivity index (χ2v) is 3.68. The molecule has 82 valence electrons. The van der Waals surface area contributed by atoms with Crippen LogP contribution >= 0.6 is 0 Å². The number of anilines is 1. The molecule has 0 aliphatic rings. The van der Waals surface area contributed by atoms with Crippen LogP contribution in [0.25, 0.3) is 11.1 Å². The monoisotopic (exact) mass is 214 g/mol. The average Bonchev–Trinajstić information content (AvgIpc) is 2.29. The summed E-state index contributed by atoms with van der Waals surface area (Å²) < 4.78 is 5.01. The van der Waals surface area contributed by atoms with E-state index in [-0.39, 0.29) is 0 Å². The smallest absolute Gasteiger partial charge is 0.212 e. The lowest BCUT2D eigenvalue weighted by Gasteiger charge is -2.07. The molecule has 3 nitrogen and oxygen atoms in total. The maximum Gasteiger partial charge on any atom is 0.212 e. The van der Waals surface area contributed by atoms with E-state index in [1.165, 1.54) is 0 Å². The van der Waals surface area contributed by atoms with Gasteiger partial charge in [0.15, 0.2) is 0 Å². The van der Waals surface area contributed by atoms with Gasteiger partial charge in [-0.2, -0.15) is 0 Å². The number of pyridine rings is 1. The van der Waals surface area contributed by atoms with Gasteiger partial charge in [-0.1, -0.05) is 12.1 Å². The van der Waals surface area contributed by atoms with Crippen molar-refractivity contribution in [3.8, 4) is 17.0 Å². The van der Waals surface area contributed by atoms with Crippen LogP contribution in [0.3, 0.4) is 0 Å². The molecule has 0 saturated carbocycles. The maximum absolute atomic E-state index is 5.96. The van der Waals surface area contributed by atoms with Crippen LogP contribution in [0.15, 0.2) is 36.5 Å². The largest absolute Gasteiger partial charge is 0.481 e. The summed E-state index contributed by atoms with van der Waals surface area (Å²) >= 11 is 0. The summed E-state index contributed by atoms with van der Waals surface area (Å²) in [5, 5.41) is 0. The normalized spacial score (nSPS) is 10.1. The van der Waals surface area contributed by atoms with Crippen LogP contribution in [0.5, 0.6) is 5.88 Å². The number of nitrogen functional groups attached to an aromatic ring is 1. The van der Waals surface area contributed by atoms with Crippen molar-refractivity contribution in [2.24, 2.45) is 0 Å². The lowest BCUT2D eigenvalue weighted by molar-refractivity contribution is 0.398. The molecule has 0 aliphatic carbocycles. The van der Waals surface area contributed by atoms with Crippen molar-refractivity contribution in [3.63, 3.8) is 0 Å². The first-order valence-corrected chi connectivity index (χ1v) is 5.07. The molecule has 0 radical (unpaired) electrons. The number of aryl methyl sites for hydroxylation is 1. The molecule has 2 aromatic rings. The molecule has 3 heteroatoms. The van der Waals surface area contributed by atoms with Gasteiger partial charge in [0.05, 0.1) is 7.11 Å². The van der Waals surface area contributed by atoms with Gasteiger partial charge in [-0.25, -0.2) is 4.98 Å². The molecule has 1 aromatic heterocycles. The fourth-order valence-electron chi connectivity index (χ4n) is 1.61. The predicted octanol–water partition coefficient (Wildman–Crippen LogP) is 2.65. The van der Waals surface area contributed by atoms with Crippen molar-refractivity contribution >= 4 is 5.69 Å². The molecule has 0 amide bonds. The topological polar surface area (TPSA) is 48.1 Å². The van der Waals surface area contributed by atoms with Gasteiger partial charge in [-0.15, -0.1) is 0 Å². The molecule has 0 aliphatic heterocycles. The molecule has 2 N–H and O–H groups in total. The van der Waals surface area contributed by atoms with Crippen molar-refractivity contribution in [3.05, 3.63) is 42.1 Å². The third-order valence-corrected chi connectivity index (χ3v) is 2.46. The molecule has 16 heavy (non-hydrogen) atoms. The molecular weight excluding hydrogens is 200 g/mol. The van der Waals surface area contributed by atoms with Crippen molar-refractivity contribution in [2.75, 3.05) is 12.8 Å². The zero-order valence-electron chi connectivity index (χ0n) is 9.40. The van der Waals surface area contributed by atoms with Crippen molar-refractivity contribution < 1.29 is 4.74 Å². The van der Waals surface area contributed by atoms with Crippen LogP contribution < -0.4 is 10.5 Å². The number of ether oxygens (including phenoxy) is 1. The van der Waals surface area contributed by atoms with Crippen LogP contribution in [0.1, 0.15) is 5.56 Å². The second kappa shape index (κ2) is 4.23. The zero-order chi connectivity index (χ0) is 11.5. The summed E-state index contributed by atoms with van der Waals surface area (Å²) in [5.74, 6) is 0.606. The Bertz CT molecular complexity index is 492. The maximum atomic E-state index is 5.96. The standard InChI is InChI=1S/C13H14N2O/c1-9-3-5-11(12(14)7-9)10-4-6-13(16-2)15-8-10/h3-8H,14H2,1-2H3. The highest BCUT2D eigenvalue weighted by Gasteiger charge is 2.03. The van der Waals surface area contributed by atoms with E-state index >= 15 is 0 Å². The van der Waals surface area contributed by atoms with E-state index in [9.17, 15) is 0 Å². The number of nitrogens with zero attached hydrogens (tertiary/aromatic N) is 1. The highest BCUT2D eigenvalue weighted by atomic mass is 16.5. The summed E-state index contributed by atoms with van der Waals surface area (Å²) in [6.07, 6.45) is 1.76. The predicted molar refractivity (Wildman–Crippen MR) is 65.4 cm³/mol. The number of methoxy groups -OCH3 is 1. The van der Waals surface area contributed by atoms with Crippen LogP contribution in [0, 0.1) is 6.92 Å². The van der Waals surface area contributed by atoms with Crippen molar-refractivity contribution in [2.45, 2.75) is 6.92 Å². The number of hydrogen-bond acceptors (Lipinski definition) is 3. The summed E-state index contributed by atoms with van der Waals surface area (Å²) in [4.78, 5) is 4.16. The molecule has 0 saturated heterocycles. The fourth-order valence-corrected chi connectivity index (χ4v) is 1.61. The van der Waals surface area contributed by atoms with Gasteiger partial charge in [-0.3, -0.25) is 0 Å². The van der Waals surface area contributed by atoms with Crippen molar-refractivity contribution in [1.82, 2.24) is 4.98 Å². The first-order valence-electron chi connectivity index (χ1n) is 5.07. The molecule has 0 spiro atoms. The summed E-state index contributed by atoms with van der Waals surface area (Å²) in [6.45, 7) is 2.02. The van der Waals surface area contributed by atoms with E-state index in [4.69, 9.17) is 10.5 Å². The van der Waals surface area contributed by atoms with E-state index in [0.29, 0.717) is 5.88 Å². The quantitative estimate of drug-likeness (QED) is 0.782. The zero-order valence-corrected chi connectivity index (χ0v) is 9.40. The van der Waals surface area contributed by atoms with Gasteiger partial charge in [-0.05, 0) is 24.6 Å². The van der Waals surface area contributed by atoms with Gasteiger partial charge in [0, 0.05) is 29.1 Å². The summed E-state index contributed by atoms with van der Waals surface area (Å²) in [6, 6.07) is 9.78. The van der Waals surface area contributed by atoms with Crippen LogP contribution in [0.2, 0.25) is 0 Å². The van der Waals surface area contributed by atoms with Gasteiger partial charge in [0.25, 0.3) is 0 Å². The molecule has 1 heterocycles. The average molecular weight is 214 g/mol. The number of benzene rings is 1. The Morgan fingerprint density at radius 1 is 1.19 bits per heavy atom. The molecule has 1 aromatic carbocycles. The van der Waals surface area contributed by atoms with E-state index in [1.807, 2.05) is 37.3 Å². The minimum Gasteiger partial charge on any atom is -0.481 e. The van der Waals surface area contributed by atoms with Crippen LogP contribution in [-0.4, -0.2) is 12.1 Å². The minimum absolute atomic E-state index is 0.606. The number of aromatic nitrogens is 1. The lowest BCUT2D eigenvalue weighted by atomic mass is 10.0. The molecule has 0 unspecified atom stereocenters. The van der Waals surface area contributed by atoms with Crippen molar-refractivity contribution in [1.29, 1.82) is 0 Å². The first kappa shape index (κ1) is 10.5. The molecule has 0 bridgehead atoms. The Morgan fingerprint density at radius 3 is 2.56 bits per heavy atom. The number of nitrogens with two attached hydrogens (primary N) is 1. The second-order valence-electron chi connectivity index (χ2n) is 3.68. The summed E-state index contributed by atoms with van der Waals surface area (Å²) in [7, 11) is 1.60. The number of hydrogen-bond donors (Lipinski definition) is 1. The Labute approximate surface area is 94.9 Å². The summed E-state index contributed by atoms with van der Waals surface area (Å²) in [5.41, 5.74) is 9.89. The molecule has 0 atom stereocenters. The van der Waals surface area contributed by atoms with Crippen LogP contribution in [0.4, 0.5) is 5.69 Å². The van der Waals surface area contributed by atoms with E-state index in [1.54, 1.807) is 13.3 Å². The highest BCUT2D eigenvalue weighted by Crippen LogP contribution is 2.26. The van der Waals surface area contributed by atoms with Gasteiger partial charge >= 0.3 is 0 Å². The molecular formula is C13H14N2O. The Morgan fingerprint density at radius 2 is 2.00 bits per heavy atom. The van der Waals surface area contributed by atoms with Crippen LogP contribution in [-0.2, 0) is 0 Å². The Hall–Kier alpha value is -2.03. The van der Waals surface area contributed by atoms with E-state index < -0.39 is 0 Å². The molecule has 2 rings (SSSR count). The lowest BCUT2D eigenvalue weighted by Crippen LogP contribution is -1.92. The minimum atomic E-state index is 0.606. The van der Waals surface area contributed by atoms with E-state index in [2.05, 4.69) is 4.98 Å². The first-order chi connectivity index (χ1) is 7.70. The number of rotatable bonds is 2. The fraction of sp³-hybridized carbons (Fsp3) is 0.154. The molecule has 0 fully saturated rings. The Kier molecular flexibility index (Phi) is 2.77. The highest BCUT2D eigenvalue weighted by molar-refractivity contribution is 5.76. The van der Waals surface area contributed by atoms with Gasteiger partial charge in [0.1, 0.15) is 0 Å².